The molecular weight excluding hydrogens is 284 g/mol. The van der Waals surface area contributed by atoms with Gasteiger partial charge in [0, 0.05) is 19.1 Å². The Bertz CT molecular complexity index is 405. The average molecular weight is 317 g/mol. The molecule has 4 nitrogen and oxygen atoms in total. The van der Waals surface area contributed by atoms with Crippen LogP contribution >= 0.6 is 0 Å². The van der Waals surface area contributed by atoms with Gasteiger partial charge in [0.15, 0.2) is 0 Å². The van der Waals surface area contributed by atoms with Gasteiger partial charge in [-0.1, -0.05) is 25.7 Å². The molecule has 124 valence electrons. The molecule has 2 fully saturated rings. The van der Waals surface area contributed by atoms with Gasteiger partial charge in [-0.15, -0.1) is 0 Å². The zero-order valence-electron chi connectivity index (χ0n) is 13.7. The van der Waals surface area contributed by atoms with Gasteiger partial charge in [0.1, 0.15) is 0 Å². The van der Waals surface area contributed by atoms with Crippen molar-refractivity contribution in [2.45, 2.75) is 63.8 Å². The number of rotatable bonds is 7. The van der Waals surface area contributed by atoms with Gasteiger partial charge in [-0.2, -0.15) is 0 Å². The maximum atomic E-state index is 11.7. The van der Waals surface area contributed by atoms with Crippen molar-refractivity contribution in [3.63, 3.8) is 0 Å². The van der Waals surface area contributed by atoms with Gasteiger partial charge in [-0.25, -0.2) is 12.7 Å². The fraction of sp³-hybridized carbons (Fsp3) is 1.00. The van der Waals surface area contributed by atoms with Crippen LogP contribution in [0.2, 0.25) is 0 Å². The summed E-state index contributed by atoms with van der Waals surface area (Å²) in [7, 11) is -0.962. The van der Waals surface area contributed by atoms with Crippen molar-refractivity contribution in [1.29, 1.82) is 0 Å². The highest BCUT2D eigenvalue weighted by Crippen LogP contribution is 2.30. The Morgan fingerprint density at radius 3 is 2.43 bits per heavy atom. The van der Waals surface area contributed by atoms with Crippen LogP contribution in [0.25, 0.3) is 0 Å². The summed E-state index contributed by atoms with van der Waals surface area (Å²) in [5, 5.41) is 3.46. The van der Waals surface area contributed by atoms with E-state index in [-0.39, 0.29) is 0 Å². The van der Waals surface area contributed by atoms with E-state index in [4.69, 9.17) is 0 Å². The van der Waals surface area contributed by atoms with Crippen LogP contribution in [0.5, 0.6) is 0 Å². The smallest absolute Gasteiger partial charge is 0.211 e. The monoisotopic (exact) mass is 316 g/mol. The first kappa shape index (κ1) is 17.2. The Balaban J connectivity index is 1.77. The molecule has 1 heterocycles. The predicted molar refractivity (Wildman–Crippen MR) is 87.8 cm³/mol. The molecule has 2 atom stereocenters. The number of nitrogens with zero attached hydrogens (tertiary/aromatic N) is 1. The Morgan fingerprint density at radius 1 is 1.14 bits per heavy atom. The van der Waals surface area contributed by atoms with Crippen LogP contribution in [0.1, 0.15) is 57.8 Å². The Hall–Kier alpha value is -0.130. The lowest BCUT2D eigenvalue weighted by Gasteiger charge is -2.33. The zero-order valence-corrected chi connectivity index (χ0v) is 14.5. The summed E-state index contributed by atoms with van der Waals surface area (Å²) in [6, 6.07) is 0.551. The first-order chi connectivity index (χ1) is 9.99. The third-order valence-electron chi connectivity index (χ3n) is 5.37. The second-order valence-electron chi connectivity index (χ2n) is 7.08. The van der Waals surface area contributed by atoms with Gasteiger partial charge < -0.3 is 5.32 Å². The molecule has 2 aliphatic rings. The summed E-state index contributed by atoms with van der Waals surface area (Å²) in [4.78, 5) is 0. The van der Waals surface area contributed by atoms with Crippen LogP contribution in [0.4, 0.5) is 0 Å². The number of sulfonamides is 1. The summed E-state index contributed by atoms with van der Waals surface area (Å²) >= 11 is 0. The molecule has 0 radical (unpaired) electrons. The molecule has 0 amide bonds. The fourth-order valence-corrected chi connectivity index (χ4v) is 4.98. The summed E-state index contributed by atoms with van der Waals surface area (Å²) in [5.74, 6) is 1.47. The van der Waals surface area contributed by atoms with Gasteiger partial charge in [-0.3, -0.25) is 0 Å². The third-order valence-corrected chi connectivity index (χ3v) is 6.64. The third kappa shape index (κ3) is 5.53. The highest BCUT2D eigenvalue weighted by Gasteiger charge is 2.27. The van der Waals surface area contributed by atoms with Crippen molar-refractivity contribution < 1.29 is 8.42 Å². The minimum absolute atomic E-state index is 0.523. The Labute approximate surface area is 130 Å². The van der Waals surface area contributed by atoms with E-state index in [9.17, 15) is 8.42 Å². The van der Waals surface area contributed by atoms with Gasteiger partial charge >= 0.3 is 0 Å². The maximum Gasteiger partial charge on any atom is 0.211 e. The number of nitrogens with one attached hydrogen (secondary N) is 1. The minimum atomic E-state index is -3.01. The van der Waals surface area contributed by atoms with Crippen LogP contribution in [0, 0.1) is 11.8 Å². The number of hydrogen-bond donors (Lipinski definition) is 1. The van der Waals surface area contributed by atoms with Crippen LogP contribution in [-0.4, -0.2) is 45.2 Å². The Kier molecular flexibility index (Phi) is 6.51. The molecule has 1 aliphatic carbocycles. The Morgan fingerprint density at radius 2 is 1.81 bits per heavy atom. The molecule has 0 bridgehead atoms. The van der Waals surface area contributed by atoms with Crippen molar-refractivity contribution in [2.24, 2.45) is 11.8 Å². The molecule has 5 heteroatoms. The lowest BCUT2D eigenvalue weighted by Crippen LogP contribution is -2.41. The summed E-state index contributed by atoms with van der Waals surface area (Å²) in [5.41, 5.74) is 0. The minimum Gasteiger partial charge on any atom is -0.317 e. The van der Waals surface area contributed by atoms with Crippen LogP contribution in [-0.2, 0) is 10.0 Å². The molecule has 1 aliphatic heterocycles. The van der Waals surface area contributed by atoms with Gasteiger partial charge in [0.25, 0.3) is 0 Å². The van der Waals surface area contributed by atoms with E-state index in [1.807, 2.05) is 0 Å². The van der Waals surface area contributed by atoms with E-state index in [0.29, 0.717) is 18.5 Å². The van der Waals surface area contributed by atoms with E-state index in [1.165, 1.54) is 51.2 Å². The predicted octanol–water partition coefficient (Wildman–Crippen LogP) is 2.61. The standard InChI is InChI=1S/C16H32N2O2S/c1-17-16(10-9-14-6-3-4-7-14)12-15-8-5-11-18(13-15)21(2,19)20/h14-17H,3-13H2,1-2H3. The second kappa shape index (κ2) is 7.93. The molecule has 0 spiro atoms. The van der Waals surface area contributed by atoms with Crippen LogP contribution in [0.15, 0.2) is 0 Å². The van der Waals surface area contributed by atoms with E-state index >= 15 is 0 Å². The van der Waals surface area contributed by atoms with Crippen molar-refractivity contribution in [2.75, 3.05) is 26.4 Å². The molecule has 1 saturated carbocycles. The van der Waals surface area contributed by atoms with Gasteiger partial charge in [0.2, 0.25) is 10.0 Å². The topological polar surface area (TPSA) is 49.4 Å². The van der Waals surface area contributed by atoms with E-state index < -0.39 is 10.0 Å². The molecule has 1 N–H and O–H groups in total. The van der Waals surface area contributed by atoms with Crippen LogP contribution < -0.4 is 5.32 Å². The lowest BCUT2D eigenvalue weighted by atomic mass is 9.89. The maximum absolute atomic E-state index is 11.7. The van der Waals surface area contributed by atoms with E-state index in [1.54, 1.807) is 4.31 Å². The zero-order chi connectivity index (χ0) is 15.3. The van der Waals surface area contributed by atoms with Crippen molar-refractivity contribution in [3.05, 3.63) is 0 Å². The normalized spacial score (nSPS) is 27.0. The number of hydrogen-bond acceptors (Lipinski definition) is 3. The SMILES string of the molecule is CNC(CCC1CCCC1)CC1CCCN(S(C)(=O)=O)C1. The summed E-state index contributed by atoms with van der Waals surface area (Å²) in [6.07, 6.45) is 12.9. The molecule has 2 unspecified atom stereocenters. The van der Waals surface area contributed by atoms with Crippen molar-refractivity contribution in [1.82, 2.24) is 9.62 Å². The van der Waals surface area contributed by atoms with Gasteiger partial charge in [-0.05, 0) is 51.0 Å². The molecule has 21 heavy (non-hydrogen) atoms. The number of piperidine rings is 1. The van der Waals surface area contributed by atoms with E-state index in [2.05, 4.69) is 12.4 Å². The molecule has 1 saturated heterocycles. The average Bonchev–Trinajstić information content (AvgIpc) is 2.96. The van der Waals surface area contributed by atoms with Crippen LogP contribution in [0.3, 0.4) is 0 Å². The highest BCUT2D eigenvalue weighted by molar-refractivity contribution is 7.88. The van der Waals surface area contributed by atoms with Crippen molar-refractivity contribution >= 4 is 10.0 Å². The molecule has 0 aromatic heterocycles. The fourth-order valence-electron chi connectivity index (χ4n) is 4.04. The first-order valence-corrected chi connectivity index (χ1v) is 10.5. The molecular formula is C16H32N2O2S. The summed E-state index contributed by atoms with van der Waals surface area (Å²) < 4.78 is 25.1. The molecule has 0 aromatic carbocycles. The highest BCUT2D eigenvalue weighted by atomic mass is 32.2. The lowest BCUT2D eigenvalue weighted by molar-refractivity contribution is 0.233. The summed E-state index contributed by atoms with van der Waals surface area (Å²) in [6.45, 7) is 1.43. The van der Waals surface area contributed by atoms with Gasteiger partial charge in [0.05, 0.1) is 6.26 Å². The second-order valence-corrected chi connectivity index (χ2v) is 9.06. The quantitative estimate of drug-likeness (QED) is 0.785. The molecule has 2 rings (SSSR count). The largest absolute Gasteiger partial charge is 0.317 e. The molecule has 0 aromatic rings. The van der Waals surface area contributed by atoms with E-state index in [0.717, 1.165) is 25.3 Å². The first-order valence-electron chi connectivity index (χ1n) is 8.61. The van der Waals surface area contributed by atoms with Crippen molar-refractivity contribution in [3.8, 4) is 0 Å².